The van der Waals surface area contributed by atoms with Gasteiger partial charge in [0.05, 0.1) is 18.2 Å². The van der Waals surface area contributed by atoms with Crippen molar-refractivity contribution in [3.63, 3.8) is 0 Å². The van der Waals surface area contributed by atoms with Gasteiger partial charge in [-0.05, 0) is 35.9 Å². The van der Waals surface area contributed by atoms with Crippen LogP contribution in [0, 0.1) is 11.3 Å². The molecule has 200 valence electrons. The van der Waals surface area contributed by atoms with Crippen LogP contribution in [0.4, 0.5) is 11.5 Å². The van der Waals surface area contributed by atoms with Gasteiger partial charge in [0.1, 0.15) is 28.6 Å². The number of hydrogen-bond donors (Lipinski definition) is 3. The number of carboxylic acid groups (broad SMARTS) is 1. The summed E-state index contributed by atoms with van der Waals surface area (Å²) >= 11 is 0. The third-order valence-electron chi connectivity index (χ3n) is 6.10. The number of nitriles is 1. The highest BCUT2D eigenvalue weighted by Gasteiger charge is 2.20. The molecular formula is C29H25N7O4. The fourth-order valence-electron chi connectivity index (χ4n) is 4.07. The predicted molar refractivity (Wildman–Crippen MR) is 149 cm³/mol. The van der Waals surface area contributed by atoms with Crippen molar-refractivity contribution >= 4 is 23.3 Å². The fourth-order valence-corrected chi connectivity index (χ4v) is 4.07. The molecule has 0 saturated heterocycles. The number of nitrogens with zero attached hydrogens (tertiary/aromatic N) is 5. The number of aromatic carboxylic acids is 1. The fraction of sp³-hybridized carbons (Fsp3) is 0.138. The Labute approximate surface area is 230 Å². The Morgan fingerprint density at radius 3 is 2.65 bits per heavy atom. The monoisotopic (exact) mass is 535 g/mol. The summed E-state index contributed by atoms with van der Waals surface area (Å²) in [6.45, 7) is 1.96. The van der Waals surface area contributed by atoms with Crippen molar-refractivity contribution in [2.45, 2.75) is 6.54 Å². The second-order valence-electron chi connectivity index (χ2n) is 8.90. The maximum atomic E-state index is 11.8. The summed E-state index contributed by atoms with van der Waals surface area (Å²) in [4.78, 5) is 27.2. The number of aliphatic imine (C=N–C) groups is 1. The average molecular weight is 536 g/mol. The third-order valence-corrected chi connectivity index (χ3v) is 6.10. The molecule has 0 aliphatic carbocycles. The Morgan fingerprint density at radius 2 is 1.93 bits per heavy atom. The number of hydrogen-bond acceptors (Lipinski definition) is 10. The molecule has 11 heteroatoms. The number of carboxylic acids is 1. The van der Waals surface area contributed by atoms with Crippen LogP contribution in [0.2, 0.25) is 0 Å². The Hall–Kier alpha value is -5.63. The number of amidine groups is 1. The van der Waals surface area contributed by atoms with E-state index in [2.05, 4.69) is 25.2 Å². The smallest absolute Gasteiger partial charge is 0.339 e. The van der Waals surface area contributed by atoms with E-state index < -0.39 is 5.97 Å². The number of nitrogens with one attached hydrogen (secondary N) is 1. The van der Waals surface area contributed by atoms with Crippen LogP contribution < -0.4 is 20.5 Å². The van der Waals surface area contributed by atoms with Crippen molar-refractivity contribution in [1.82, 2.24) is 14.9 Å². The molecule has 40 heavy (non-hydrogen) atoms. The number of nitrogen functional groups attached to an aromatic ring is 1. The lowest BCUT2D eigenvalue weighted by Gasteiger charge is -2.16. The van der Waals surface area contributed by atoms with Crippen molar-refractivity contribution < 1.29 is 19.4 Å². The molecule has 0 radical (unpaired) electrons. The minimum absolute atomic E-state index is 0.0395. The van der Waals surface area contributed by atoms with Crippen LogP contribution in [0.25, 0.3) is 0 Å². The van der Waals surface area contributed by atoms with Gasteiger partial charge in [-0.15, -0.1) is 0 Å². The zero-order chi connectivity index (χ0) is 28.1. The number of nitrogens with two attached hydrogens (primary N) is 1. The van der Waals surface area contributed by atoms with E-state index in [0.717, 1.165) is 30.1 Å². The van der Waals surface area contributed by atoms with E-state index in [4.69, 9.17) is 15.2 Å². The van der Waals surface area contributed by atoms with Gasteiger partial charge in [0, 0.05) is 25.7 Å². The molecule has 2 heterocycles. The summed E-state index contributed by atoms with van der Waals surface area (Å²) in [7, 11) is 1.98. The van der Waals surface area contributed by atoms with Crippen LogP contribution >= 0.6 is 0 Å². The number of likely N-dealkylation sites (N-methyl/N-ethyl adjacent to an activating group) is 1. The first kappa shape index (κ1) is 26.0. The average Bonchev–Trinajstić information content (AvgIpc) is 3.40. The summed E-state index contributed by atoms with van der Waals surface area (Å²) in [5.41, 5.74) is 8.33. The Balaban J connectivity index is 1.51. The van der Waals surface area contributed by atoms with Crippen molar-refractivity contribution in [1.29, 1.82) is 5.26 Å². The molecule has 1 aliphatic rings. The van der Waals surface area contributed by atoms with E-state index in [1.54, 1.807) is 6.07 Å². The largest absolute Gasteiger partial charge is 0.478 e. The van der Waals surface area contributed by atoms with E-state index >= 15 is 0 Å². The van der Waals surface area contributed by atoms with Gasteiger partial charge in [0.25, 0.3) is 5.88 Å². The van der Waals surface area contributed by atoms with Crippen LogP contribution in [0.15, 0.2) is 77.8 Å². The first-order valence-electron chi connectivity index (χ1n) is 12.4. The van der Waals surface area contributed by atoms with Gasteiger partial charge in [-0.1, -0.05) is 42.5 Å². The van der Waals surface area contributed by atoms with Crippen molar-refractivity contribution in [3.8, 4) is 29.5 Å². The molecule has 0 saturated carbocycles. The second-order valence-corrected chi connectivity index (χ2v) is 8.90. The lowest BCUT2D eigenvalue weighted by atomic mass is 10.1. The zero-order valence-corrected chi connectivity index (χ0v) is 21.5. The zero-order valence-electron chi connectivity index (χ0n) is 21.5. The SMILES string of the molecule is CN1CCN=C1c1cccc(Oc2nc(NCc3ccccc3)c(N)c(Oc3cc(C#N)ccc3C(=O)O)n2)c1. The number of aromatic nitrogens is 2. The third kappa shape index (κ3) is 5.76. The molecule has 0 atom stereocenters. The number of benzene rings is 3. The summed E-state index contributed by atoms with van der Waals surface area (Å²) in [5.74, 6) is 0.0886. The Bertz CT molecular complexity index is 1630. The first-order chi connectivity index (χ1) is 19.4. The van der Waals surface area contributed by atoms with Gasteiger partial charge >= 0.3 is 12.0 Å². The van der Waals surface area contributed by atoms with Crippen LogP contribution in [0.5, 0.6) is 23.4 Å². The molecule has 1 aliphatic heterocycles. The molecule has 0 fully saturated rings. The molecule has 1 aromatic heterocycles. The summed E-state index contributed by atoms with van der Waals surface area (Å²) in [6, 6.07) is 22.9. The van der Waals surface area contributed by atoms with Crippen LogP contribution in [-0.2, 0) is 6.54 Å². The molecule has 0 unspecified atom stereocenters. The van der Waals surface area contributed by atoms with Gasteiger partial charge in [-0.2, -0.15) is 15.2 Å². The molecular weight excluding hydrogens is 510 g/mol. The Morgan fingerprint density at radius 1 is 1.10 bits per heavy atom. The Kier molecular flexibility index (Phi) is 7.41. The highest BCUT2D eigenvalue weighted by molar-refractivity contribution is 5.99. The standard InChI is InChI=1S/C29H25N7O4/c1-36-13-12-32-26(36)20-8-5-9-21(15-20)39-29-34-25(33-17-18-6-3-2-4-7-18)24(31)27(35-29)40-23-14-19(16-30)10-11-22(23)28(37)38/h2-11,14-15H,12-13,17,31H2,1H3,(H,37,38)(H,33,34,35). The van der Waals surface area contributed by atoms with Crippen LogP contribution in [0.3, 0.4) is 0 Å². The number of ether oxygens (including phenoxy) is 2. The van der Waals surface area contributed by atoms with E-state index in [9.17, 15) is 15.2 Å². The minimum Gasteiger partial charge on any atom is -0.478 e. The molecule has 0 bridgehead atoms. The highest BCUT2D eigenvalue weighted by atomic mass is 16.5. The maximum Gasteiger partial charge on any atom is 0.339 e. The van der Waals surface area contributed by atoms with E-state index in [1.165, 1.54) is 18.2 Å². The summed E-state index contributed by atoms with van der Waals surface area (Å²) in [6.07, 6.45) is 0. The highest BCUT2D eigenvalue weighted by Crippen LogP contribution is 2.35. The van der Waals surface area contributed by atoms with E-state index in [0.29, 0.717) is 12.3 Å². The number of anilines is 2. The summed E-state index contributed by atoms with van der Waals surface area (Å²) in [5, 5.41) is 22.1. The number of rotatable bonds is 9. The van der Waals surface area contributed by atoms with Gasteiger partial charge in [0.15, 0.2) is 5.82 Å². The molecule has 0 spiro atoms. The lowest BCUT2D eigenvalue weighted by Crippen LogP contribution is -2.23. The first-order valence-corrected chi connectivity index (χ1v) is 12.4. The van der Waals surface area contributed by atoms with E-state index in [-0.39, 0.29) is 40.3 Å². The van der Waals surface area contributed by atoms with Gasteiger partial charge < -0.3 is 30.5 Å². The van der Waals surface area contributed by atoms with Crippen molar-refractivity contribution in [3.05, 3.63) is 95.1 Å². The molecule has 5 rings (SSSR count). The predicted octanol–water partition coefficient (Wildman–Crippen LogP) is 4.52. The summed E-state index contributed by atoms with van der Waals surface area (Å²) < 4.78 is 11.9. The minimum atomic E-state index is -1.23. The van der Waals surface area contributed by atoms with Crippen molar-refractivity contribution in [2.75, 3.05) is 31.2 Å². The molecule has 4 N–H and O–H groups in total. The normalized spacial score (nSPS) is 12.4. The number of carbonyl (C=O) groups is 1. The molecule has 11 nitrogen and oxygen atoms in total. The quantitative estimate of drug-likeness (QED) is 0.278. The molecule has 3 aromatic carbocycles. The lowest BCUT2D eigenvalue weighted by molar-refractivity contribution is 0.0694. The van der Waals surface area contributed by atoms with Gasteiger partial charge in [-0.25, -0.2) is 4.79 Å². The topological polar surface area (TPSA) is 159 Å². The molecule has 4 aromatic rings. The second kappa shape index (κ2) is 11.4. The van der Waals surface area contributed by atoms with Crippen LogP contribution in [0.1, 0.15) is 27.0 Å². The van der Waals surface area contributed by atoms with Crippen LogP contribution in [-0.4, -0.2) is 51.9 Å². The van der Waals surface area contributed by atoms with Crippen molar-refractivity contribution in [2.24, 2.45) is 4.99 Å². The maximum absolute atomic E-state index is 11.8. The van der Waals surface area contributed by atoms with E-state index in [1.807, 2.05) is 61.6 Å². The molecule has 0 amide bonds. The van der Waals surface area contributed by atoms with Gasteiger partial charge in [0.2, 0.25) is 0 Å². The van der Waals surface area contributed by atoms with Gasteiger partial charge in [-0.3, -0.25) is 4.99 Å².